The normalized spacial score (nSPS) is 12.7. The average molecular weight is 266 g/mol. The van der Waals surface area contributed by atoms with Crippen molar-refractivity contribution in [3.63, 3.8) is 0 Å². The van der Waals surface area contributed by atoms with E-state index in [9.17, 15) is 0 Å². The molecule has 2 aromatic rings. The molecule has 0 saturated carbocycles. The Morgan fingerprint density at radius 3 is 2.73 bits per heavy atom. The third kappa shape index (κ3) is 1.95. The molecule has 4 heteroatoms. The van der Waals surface area contributed by atoms with Crippen molar-refractivity contribution in [1.82, 2.24) is 15.0 Å². The lowest BCUT2D eigenvalue weighted by molar-refractivity contribution is 0.761. The number of alkyl halides is 1. The van der Waals surface area contributed by atoms with Crippen molar-refractivity contribution >= 4 is 15.9 Å². The summed E-state index contributed by atoms with van der Waals surface area (Å²) in [5.41, 5.74) is 3.33. The van der Waals surface area contributed by atoms with Gasteiger partial charge in [0.25, 0.3) is 0 Å². The number of benzene rings is 1. The van der Waals surface area contributed by atoms with E-state index in [0.29, 0.717) is 0 Å². The summed E-state index contributed by atoms with van der Waals surface area (Å²) >= 11 is 3.53. The molecule has 0 aliphatic carbocycles. The summed E-state index contributed by atoms with van der Waals surface area (Å²) in [6.45, 7) is 4.13. The first kappa shape index (κ1) is 10.4. The standard InChI is InChI=1S/C11H12BrN3/c1-8-5-3-4-6-10(8)15-11(9(2)12)7-13-14-15/h3-7,9H,1-2H3. The van der Waals surface area contributed by atoms with Crippen LogP contribution in [0, 0.1) is 6.92 Å². The summed E-state index contributed by atoms with van der Waals surface area (Å²) in [5, 5.41) is 8.05. The summed E-state index contributed by atoms with van der Waals surface area (Å²) in [7, 11) is 0. The van der Waals surface area contributed by atoms with Gasteiger partial charge in [0.05, 0.1) is 22.4 Å². The van der Waals surface area contributed by atoms with Gasteiger partial charge in [0.2, 0.25) is 0 Å². The zero-order valence-electron chi connectivity index (χ0n) is 8.68. The van der Waals surface area contributed by atoms with Crippen LogP contribution in [0.3, 0.4) is 0 Å². The first-order valence-corrected chi connectivity index (χ1v) is 5.72. The van der Waals surface area contributed by atoms with E-state index in [1.54, 1.807) is 6.20 Å². The van der Waals surface area contributed by atoms with E-state index in [-0.39, 0.29) is 4.83 Å². The molecule has 1 atom stereocenters. The third-order valence-electron chi connectivity index (χ3n) is 2.33. The lowest BCUT2D eigenvalue weighted by atomic mass is 10.2. The minimum atomic E-state index is 0.243. The van der Waals surface area contributed by atoms with Crippen LogP contribution in [0.5, 0.6) is 0 Å². The Morgan fingerprint density at radius 1 is 1.33 bits per heavy atom. The van der Waals surface area contributed by atoms with Crippen molar-refractivity contribution < 1.29 is 0 Å². The lowest BCUT2D eigenvalue weighted by Gasteiger charge is -2.09. The molecule has 0 aliphatic heterocycles. The molecular formula is C11H12BrN3. The van der Waals surface area contributed by atoms with Gasteiger partial charge < -0.3 is 0 Å². The maximum absolute atomic E-state index is 4.11. The molecule has 0 bridgehead atoms. The van der Waals surface area contributed by atoms with Crippen molar-refractivity contribution in [1.29, 1.82) is 0 Å². The van der Waals surface area contributed by atoms with Gasteiger partial charge >= 0.3 is 0 Å². The summed E-state index contributed by atoms with van der Waals surface area (Å²) in [6, 6.07) is 8.14. The Bertz CT molecular complexity index is 462. The van der Waals surface area contributed by atoms with Crippen molar-refractivity contribution in [3.05, 3.63) is 41.7 Å². The van der Waals surface area contributed by atoms with Crippen LogP contribution in [0.1, 0.15) is 23.0 Å². The molecule has 3 nitrogen and oxygen atoms in total. The van der Waals surface area contributed by atoms with Crippen LogP contribution in [0.15, 0.2) is 30.5 Å². The van der Waals surface area contributed by atoms with Crippen molar-refractivity contribution in [2.24, 2.45) is 0 Å². The zero-order valence-corrected chi connectivity index (χ0v) is 10.3. The van der Waals surface area contributed by atoms with E-state index >= 15 is 0 Å². The second-order valence-corrected chi connectivity index (χ2v) is 4.85. The summed E-state index contributed by atoms with van der Waals surface area (Å²) < 4.78 is 1.87. The fourth-order valence-corrected chi connectivity index (χ4v) is 1.81. The average Bonchev–Trinajstić information content (AvgIpc) is 2.67. The summed E-state index contributed by atoms with van der Waals surface area (Å²) in [5.74, 6) is 0. The quantitative estimate of drug-likeness (QED) is 0.782. The SMILES string of the molecule is Cc1ccccc1-n1nncc1C(C)Br. The van der Waals surface area contributed by atoms with Crippen molar-refractivity contribution in [2.45, 2.75) is 18.7 Å². The van der Waals surface area contributed by atoms with Gasteiger partial charge in [0, 0.05) is 0 Å². The first-order chi connectivity index (χ1) is 7.20. The molecule has 0 radical (unpaired) electrons. The largest absolute Gasteiger partial charge is 0.216 e. The van der Waals surface area contributed by atoms with Crippen molar-refractivity contribution in [3.8, 4) is 5.69 Å². The molecular weight excluding hydrogens is 254 g/mol. The Balaban J connectivity index is 2.55. The van der Waals surface area contributed by atoms with E-state index in [0.717, 1.165) is 11.4 Å². The molecule has 0 aliphatic rings. The van der Waals surface area contributed by atoms with Crippen LogP contribution < -0.4 is 0 Å². The van der Waals surface area contributed by atoms with Gasteiger partial charge in [0.15, 0.2) is 0 Å². The highest BCUT2D eigenvalue weighted by Crippen LogP contribution is 2.23. The van der Waals surface area contributed by atoms with E-state index in [4.69, 9.17) is 0 Å². The molecule has 15 heavy (non-hydrogen) atoms. The molecule has 0 N–H and O–H groups in total. The molecule has 0 amide bonds. The van der Waals surface area contributed by atoms with Gasteiger partial charge in [0.1, 0.15) is 0 Å². The van der Waals surface area contributed by atoms with E-state index < -0.39 is 0 Å². The second kappa shape index (κ2) is 4.14. The minimum Gasteiger partial charge on any atom is -0.216 e. The smallest absolute Gasteiger partial charge is 0.0779 e. The summed E-state index contributed by atoms with van der Waals surface area (Å²) in [4.78, 5) is 0.243. The molecule has 0 spiro atoms. The van der Waals surface area contributed by atoms with Crippen LogP contribution in [-0.4, -0.2) is 15.0 Å². The number of hydrogen-bond donors (Lipinski definition) is 0. The van der Waals surface area contributed by atoms with Crippen molar-refractivity contribution in [2.75, 3.05) is 0 Å². The Labute approximate surface area is 97.2 Å². The molecule has 0 saturated heterocycles. The lowest BCUT2D eigenvalue weighted by Crippen LogP contribution is -2.04. The number of aromatic nitrogens is 3. The maximum Gasteiger partial charge on any atom is 0.0779 e. The molecule has 78 valence electrons. The number of halogens is 1. The number of rotatable bonds is 2. The van der Waals surface area contributed by atoms with Gasteiger partial charge in [-0.15, -0.1) is 5.10 Å². The molecule has 1 unspecified atom stereocenters. The maximum atomic E-state index is 4.11. The molecule has 1 aromatic carbocycles. The van der Waals surface area contributed by atoms with Crippen LogP contribution >= 0.6 is 15.9 Å². The molecule has 0 fully saturated rings. The van der Waals surface area contributed by atoms with Gasteiger partial charge in [-0.05, 0) is 25.5 Å². The number of aryl methyl sites for hydroxylation is 1. The number of nitrogens with zero attached hydrogens (tertiary/aromatic N) is 3. The predicted molar refractivity (Wildman–Crippen MR) is 63.4 cm³/mol. The Kier molecular flexibility index (Phi) is 2.86. The van der Waals surface area contributed by atoms with Gasteiger partial charge in [-0.1, -0.05) is 39.3 Å². The number of para-hydroxylation sites is 1. The molecule has 1 aromatic heterocycles. The van der Waals surface area contributed by atoms with Crippen LogP contribution in [0.25, 0.3) is 5.69 Å². The van der Waals surface area contributed by atoms with Crippen LogP contribution in [-0.2, 0) is 0 Å². The summed E-state index contributed by atoms with van der Waals surface area (Å²) in [6.07, 6.45) is 1.78. The topological polar surface area (TPSA) is 30.7 Å². The first-order valence-electron chi connectivity index (χ1n) is 4.81. The van der Waals surface area contributed by atoms with E-state index in [1.807, 2.05) is 22.9 Å². The minimum absolute atomic E-state index is 0.243. The second-order valence-electron chi connectivity index (χ2n) is 3.47. The zero-order chi connectivity index (χ0) is 10.8. The van der Waals surface area contributed by atoms with Crippen LogP contribution in [0.2, 0.25) is 0 Å². The monoisotopic (exact) mass is 265 g/mol. The molecule has 2 rings (SSSR count). The van der Waals surface area contributed by atoms with Gasteiger partial charge in [-0.25, -0.2) is 4.68 Å². The van der Waals surface area contributed by atoms with Crippen LogP contribution in [0.4, 0.5) is 0 Å². The highest BCUT2D eigenvalue weighted by molar-refractivity contribution is 9.09. The number of hydrogen-bond acceptors (Lipinski definition) is 2. The Morgan fingerprint density at radius 2 is 2.07 bits per heavy atom. The fourth-order valence-electron chi connectivity index (χ4n) is 1.50. The Hall–Kier alpha value is -1.16. The van der Waals surface area contributed by atoms with Gasteiger partial charge in [-0.3, -0.25) is 0 Å². The highest BCUT2D eigenvalue weighted by Gasteiger charge is 2.11. The van der Waals surface area contributed by atoms with Gasteiger partial charge in [-0.2, -0.15) is 0 Å². The molecule has 1 heterocycles. The highest BCUT2D eigenvalue weighted by atomic mass is 79.9. The third-order valence-corrected chi connectivity index (χ3v) is 2.80. The van der Waals surface area contributed by atoms with E-state index in [2.05, 4.69) is 46.2 Å². The fraction of sp³-hybridized carbons (Fsp3) is 0.273. The van der Waals surface area contributed by atoms with E-state index in [1.165, 1.54) is 5.56 Å². The predicted octanol–water partition coefficient (Wildman–Crippen LogP) is 3.03.